The van der Waals surface area contributed by atoms with Crippen LogP contribution < -0.4 is 0 Å². The number of carbonyl (C=O) groups is 1. The topological polar surface area (TPSA) is 90.1 Å². The number of aliphatic hydroxyl groups is 1. The highest BCUT2D eigenvalue weighted by molar-refractivity contribution is 5.76. The summed E-state index contributed by atoms with van der Waals surface area (Å²) in [4.78, 5) is 20.3. The summed E-state index contributed by atoms with van der Waals surface area (Å²) in [6.07, 6.45) is 5.94. The Kier molecular flexibility index (Phi) is 5.90. The second-order valence-electron chi connectivity index (χ2n) is 7.75. The molecule has 31 heavy (non-hydrogen) atoms. The van der Waals surface area contributed by atoms with E-state index in [0.29, 0.717) is 18.1 Å². The van der Waals surface area contributed by atoms with E-state index in [1.165, 1.54) is 12.1 Å². The second kappa shape index (κ2) is 8.77. The first-order valence-electron chi connectivity index (χ1n) is 10.1. The smallest absolute Gasteiger partial charge is 0.309 e. The number of rotatable bonds is 5. The third-order valence-corrected chi connectivity index (χ3v) is 5.02. The number of aliphatic hydroxyl groups excluding tert-OH is 1. The Bertz CT molecular complexity index is 1090. The third kappa shape index (κ3) is 4.54. The van der Waals surface area contributed by atoms with Gasteiger partial charge in [-0.25, -0.2) is 14.4 Å². The molecule has 3 aromatic rings. The molecule has 7 nitrogen and oxygen atoms in total. The average Bonchev–Trinajstić information content (AvgIpc) is 3.12. The molecule has 0 radical (unpaired) electrons. The van der Waals surface area contributed by atoms with Gasteiger partial charge in [-0.2, -0.15) is 9.78 Å². The molecule has 1 saturated heterocycles. The summed E-state index contributed by atoms with van der Waals surface area (Å²) in [6.45, 7) is 4.05. The zero-order valence-corrected chi connectivity index (χ0v) is 17.3. The number of esters is 1. The lowest BCUT2D eigenvalue weighted by molar-refractivity contribution is -0.156. The minimum Gasteiger partial charge on any atom is -0.458 e. The molecule has 0 amide bonds. The van der Waals surface area contributed by atoms with Crippen LogP contribution in [0.25, 0.3) is 23.3 Å². The first kappa shape index (κ1) is 20.9. The minimum atomic E-state index is -0.725. The summed E-state index contributed by atoms with van der Waals surface area (Å²) in [7, 11) is 0. The molecule has 0 aliphatic carbocycles. The fraction of sp³-hybridized carbons (Fsp3) is 0.304. The van der Waals surface area contributed by atoms with Gasteiger partial charge in [-0.05, 0) is 42.3 Å². The third-order valence-electron chi connectivity index (χ3n) is 5.02. The van der Waals surface area contributed by atoms with Crippen LogP contribution in [0.15, 0.2) is 48.8 Å². The Morgan fingerprint density at radius 2 is 1.94 bits per heavy atom. The Labute approximate surface area is 179 Å². The molecular weight excluding hydrogens is 399 g/mol. The van der Waals surface area contributed by atoms with E-state index in [1.807, 2.05) is 19.9 Å². The van der Waals surface area contributed by atoms with Crippen LogP contribution in [0.1, 0.15) is 43.9 Å². The predicted octanol–water partition coefficient (Wildman–Crippen LogP) is 3.67. The first-order chi connectivity index (χ1) is 14.9. The molecule has 2 atom stereocenters. The quantitative estimate of drug-likeness (QED) is 0.631. The molecule has 0 saturated carbocycles. The lowest BCUT2D eigenvalue weighted by atomic mass is 9.98. The number of carbonyl (C=O) groups excluding carboxylic acids is 1. The van der Waals surface area contributed by atoms with Crippen molar-refractivity contribution in [3.63, 3.8) is 0 Å². The molecule has 1 aromatic carbocycles. The van der Waals surface area contributed by atoms with Crippen molar-refractivity contribution in [1.82, 2.24) is 19.7 Å². The summed E-state index contributed by atoms with van der Waals surface area (Å²) >= 11 is 0. The summed E-state index contributed by atoms with van der Waals surface area (Å²) in [5, 5.41) is 14.7. The van der Waals surface area contributed by atoms with Gasteiger partial charge in [-0.15, -0.1) is 0 Å². The van der Waals surface area contributed by atoms with Crippen LogP contribution in [0, 0.1) is 5.82 Å². The standard InChI is InChI=1S/C23H23FN4O3/c1-14(2)21-19(9-8-18-12-17(29)13-20(30)31-18)22(15-4-6-16(24)7-5-15)28(27-21)23-25-10-3-11-26-23/h3-11,14,17-18,29H,12-13H2,1-2H3/t17-,18-/m1/s1. The number of halogens is 1. The maximum absolute atomic E-state index is 13.6. The Balaban J connectivity index is 1.86. The van der Waals surface area contributed by atoms with E-state index < -0.39 is 18.2 Å². The molecule has 0 bridgehead atoms. The van der Waals surface area contributed by atoms with E-state index in [2.05, 4.69) is 9.97 Å². The fourth-order valence-corrected chi connectivity index (χ4v) is 3.60. The summed E-state index contributed by atoms with van der Waals surface area (Å²) in [5.74, 6) is -0.300. The van der Waals surface area contributed by atoms with Crippen molar-refractivity contribution >= 4 is 12.0 Å². The molecule has 2 aromatic heterocycles. The van der Waals surface area contributed by atoms with Gasteiger partial charge in [0.1, 0.15) is 11.9 Å². The average molecular weight is 422 g/mol. The lowest BCUT2D eigenvalue weighted by Gasteiger charge is -2.23. The maximum atomic E-state index is 13.6. The number of ether oxygens (including phenoxy) is 1. The van der Waals surface area contributed by atoms with Gasteiger partial charge in [0, 0.05) is 29.9 Å². The minimum absolute atomic E-state index is 0.00565. The molecule has 1 fully saturated rings. The highest BCUT2D eigenvalue weighted by atomic mass is 19.1. The van der Waals surface area contributed by atoms with Crippen molar-refractivity contribution in [2.75, 3.05) is 0 Å². The van der Waals surface area contributed by atoms with E-state index in [4.69, 9.17) is 9.84 Å². The number of hydrogen-bond acceptors (Lipinski definition) is 6. The van der Waals surface area contributed by atoms with Crippen LogP contribution in [0.4, 0.5) is 4.39 Å². The summed E-state index contributed by atoms with van der Waals surface area (Å²) in [6, 6.07) is 7.85. The first-order valence-corrected chi connectivity index (χ1v) is 10.1. The number of benzene rings is 1. The van der Waals surface area contributed by atoms with Crippen molar-refractivity contribution in [2.45, 2.75) is 44.8 Å². The van der Waals surface area contributed by atoms with Gasteiger partial charge >= 0.3 is 5.97 Å². The number of aromatic nitrogens is 4. The zero-order valence-electron chi connectivity index (χ0n) is 17.3. The number of cyclic esters (lactones) is 1. The van der Waals surface area contributed by atoms with E-state index in [-0.39, 0.29) is 18.2 Å². The molecule has 1 aliphatic heterocycles. The lowest BCUT2D eigenvalue weighted by Crippen LogP contribution is -2.31. The van der Waals surface area contributed by atoms with Crippen molar-refractivity contribution in [1.29, 1.82) is 0 Å². The molecule has 8 heteroatoms. The normalized spacial score (nSPS) is 19.2. The van der Waals surface area contributed by atoms with E-state index in [0.717, 1.165) is 16.8 Å². The van der Waals surface area contributed by atoms with Gasteiger partial charge in [-0.3, -0.25) is 4.79 Å². The Morgan fingerprint density at radius 3 is 2.58 bits per heavy atom. The van der Waals surface area contributed by atoms with Crippen LogP contribution in [0.2, 0.25) is 0 Å². The number of nitrogens with zero attached hydrogens (tertiary/aromatic N) is 4. The molecule has 4 rings (SSSR count). The zero-order chi connectivity index (χ0) is 22.0. The van der Waals surface area contributed by atoms with Gasteiger partial charge in [0.15, 0.2) is 0 Å². The van der Waals surface area contributed by atoms with Crippen LogP contribution in [-0.4, -0.2) is 43.0 Å². The van der Waals surface area contributed by atoms with Crippen LogP contribution >= 0.6 is 0 Å². The molecule has 3 heterocycles. The van der Waals surface area contributed by atoms with Crippen LogP contribution in [0.5, 0.6) is 0 Å². The van der Waals surface area contributed by atoms with E-state index >= 15 is 0 Å². The van der Waals surface area contributed by atoms with Crippen molar-refractivity contribution < 1.29 is 19.0 Å². The van der Waals surface area contributed by atoms with Crippen LogP contribution in [0.3, 0.4) is 0 Å². The molecule has 1 N–H and O–H groups in total. The molecule has 1 aliphatic rings. The summed E-state index contributed by atoms with van der Waals surface area (Å²) in [5.41, 5.74) is 3.04. The van der Waals surface area contributed by atoms with Gasteiger partial charge in [0.25, 0.3) is 5.95 Å². The fourth-order valence-electron chi connectivity index (χ4n) is 3.60. The molecule has 160 valence electrons. The van der Waals surface area contributed by atoms with E-state index in [9.17, 15) is 14.3 Å². The van der Waals surface area contributed by atoms with Gasteiger partial charge in [-0.1, -0.05) is 19.9 Å². The summed E-state index contributed by atoms with van der Waals surface area (Å²) < 4.78 is 20.6. The van der Waals surface area contributed by atoms with E-state index in [1.54, 1.807) is 41.4 Å². The predicted molar refractivity (Wildman–Crippen MR) is 113 cm³/mol. The van der Waals surface area contributed by atoms with Crippen molar-refractivity contribution in [3.8, 4) is 17.2 Å². The number of hydrogen-bond donors (Lipinski definition) is 1. The maximum Gasteiger partial charge on any atom is 0.309 e. The van der Waals surface area contributed by atoms with Crippen LogP contribution in [-0.2, 0) is 9.53 Å². The molecular formula is C23H23FN4O3. The second-order valence-corrected chi connectivity index (χ2v) is 7.75. The monoisotopic (exact) mass is 422 g/mol. The van der Waals surface area contributed by atoms with Crippen molar-refractivity contribution in [3.05, 3.63) is 65.9 Å². The molecule has 0 spiro atoms. The van der Waals surface area contributed by atoms with Gasteiger partial charge < -0.3 is 9.84 Å². The highest BCUT2D eigenvalue weighted by Crippen LogP contribution is 2.33. The molecule has 0 unspecified atom stereocenters. The largest absolute Gasteiger partial charge is 0.458 e. The Hall–Kier alpha value is -3.39. The van der Waals surface area contributed by atoms with Gasteiger partial charge in [0.2, 0.25) is 0 Å². The SMILES string of the molecule is CC(C)c1nn(-c2ncccn2)c(-c2ccc(F)cc2)c1C=C[C@@H]1C[C@@H](O)CC(=O)O1. The Morgan fingerprint density at radius 1 is 1.23 bits per heavy atom. The highest BCUT2D eigenvalue weighted by Gasteiger charge is 2.26. The van der Waals surface area contributed by atoms with Crippen molar-refractivity contribution in [2.24, 2.45) is 0 Å². The van der Waals surface area contributed by atoms with Gasteiger partial charge in [0.05, 0.1) is 23.9 Å².